The second-order valence-electron chi connectivity index (χ2n) is 3.88. The molecule has 0 aliphatic rings. The smallest absolute Gasteiger partial charge is 0.209 e. The fraction of sp³-hybridized carbons (Fsp3) is 0.273. The third-order valence-corrected chi connectivity index (χ3v) is 3.41. The van der Waals surface area contributed by atoms with Gasteiger partial charge in [0.05, 0.1) is 6.04 Å². The van der Waals surface area contributed by atoms with Gasteiger partial charge in [0.2, 0.25) is 3.79 Å². The van der Waals surface area contributed by atoms with Gasteiger partial charge in [-0.2, -0.15) is 0 Å². The Morgan fingerprint density at radius 3 is 2.59 bits per heavy atom. The van der Waals surface area contributed by atoms with Gasteiger partial charge >= 0.3 is 0 Å². The van der Waals surface area contributed by atoms with Crippen molar-refractivity contribution in [2.24, 2.45) is 5.73 Å². The van der Waals surface area contributed by atoms with Crippen LogP contribution in [-0.4, -0.2) is 13.9 Å². The number of nitrogens with one attached hydrogen (secondary N) is 1. The van der Waals surface area contributed by atoms with E-state index >= 15 is 0 Å². The Balaban J connectivity index is 2.73. The summed E-state index contributed by atoms with van der Waals surface area (Å²) in [4.78, 5) is 3.10. The molecule has 3 nitrogen and oxygen atoms in total. The van der Waals surface area contributed by atoms with Crippen LogP contribution in [0, 0.1) is 6.92 Å². The number of alkyl halides is 3. The topological polar surface area (TPSA) is 62.0 Å². The molecular formula is C11H11Cl3N2O. The van der Waals surface area contributed by atoms with Gasteiger partial charge in [-0.1, -0.05) is 40.9 Å². The van der Waals surface area contributed by atoms with Gasteiger partial charge in [-0.3, -0.25) is 0 Å². The van der Waals surface area contributed by atoms with Gasteiger partial charge in [-0.05, 0) is 19.1 Å². The molecule has 0 radical (unpaired) electrons. The molecule has 0 saturated carbocycles. The lowest BCUT2D eigenvalue weighted by atomic mass is 10.0. The highest BCUT2D eigenvalue weighted by Gasteiger charge is 2.34. The first-order chi connectivity index (χ1) is 7.82. The number of hydrogen-bond acceptors (Lipinski definition) is 2. The molecule has 0 saturated heterocycles. The Hall–Kier alpha value is -0.610. The minimum atomic E-state index is -1.62. The van der Waals surface area contributed by atoms with Gasteiger partial charge in [0, 0.05) is 22.2 Å². The average molecular weight is 294 g/mol. The van der Waals surface area contributed by atoms with Crippen LogP contribution in [0.25, 0.3) is 10.9 Å². The first-order valence-corrected chi connectivity index (χ1v) is 6.08. The number of hydrogen-bond donors (Lipinski definition) is 3. The Morgan fingerprint density at radius 2 is 2.00 bits per heavy atom. The molecule has 6 heteroatoms. The zero-order valence-electron chi connectivity index (χ0n) is 8.97. The molecule has 1 unspecified atom stereocenters. The van der Waals surface area contributed by atoms with Crippen molar-refractivity contribution in [1.82, 2.24) is 4.98 Å². The number of aromatic nitrogens is 1. The number of aromatic hydroxyl groups is 1. The number of rotatable bonds is 1. The van der Waals surface area contributed by atoms with Crippen LogP contribution in [-0.2, 0) is 0 Å². The van der Waals surface area contributed by atoms with Crippen molar-refractivity contribution < 1.29 is 5.11 Å². The molecule has 0 aliphatic carbocycles. The van der Waals surface area contributed by atoms with Crippen molar-refractivity contribution in [1.29, 1.82) is 0 Å². The Bertz CT molecular complexity index is 560. The van der Waals surface area contributed by atoms with Gasteiger partial charge < -0.3 is 15.8 Å². The zero-order chi connectivity index (χ0) is 12.8. The number of aromatic amines is 1. The van der Waals surface area contributed by atoms with E-state index in [-0.39, 0.29) is 5.75 Å². The van der Waals surface area contributed by atoms with Crippen LogP contribution < -0.4 is 5.73 Å². The van der Waals surface area contributed by atoms with Crippen LogP contribution in [0.15, 0.2) is 18.2 Å². The molecule has 1 aromatic carbocycles. The van der Waals surface area contributed by atoms with E-state index in [1.54, 1.807) is 12.1 Å². The van der Waals surface area contributed by atoms with Gasteiger partial charge in [0.25, 0.3) is 0 Å². The van der Waals surface area contributed by atoms with E-state index in [0.717, 1.165) is 11.2 Å². The summed E-state index contributed by atoms with van der Waals surface area (Å²) >= 11 is 17.4. The number of fused-ring (bicyclic) bond motifs is 1. The number of H-pyrrole nitrogens is 1. The first-order valence-electron chi connectivity index (χ1n) is 4.95. The third-order valence-electron chi connectivity index (χ3n) is 2.70. The minimum absolute atomic E-state index is 0.117. The molecule has 1 atom stereocenters. The molecule has 1 aromatic heterocycles. The number of halogens is 3. The van der Waals surface area contributed by atoms with Gasteiger partial charge in [0.1, 0.15) is 5.75 Å². The number of phenolic OH excluding ortho intramolecular Hbond substituents is 1. The largest absolute Gasteiger partial charge is 0.507 e. The van der Waals surface area contributed by atoms with Crippen molar-refractivity contribution in [3.63, 3.8) is 0 Å². The van der Waals surface area contributed by atoms with E-state index in [0.29, 0.717) is 10.9 Å². The molecular weight excluding hydrogens is 282 g/mol. The van der Waals surface area contributed by atoms with Crippen molar-refractivity contribution in [3.05, 3.63) is 29.5 Å². The van der Waals surface area contributed by atoms with Gasteiger partial charge in [-0.25, -0.2) is 0 Å². The van der Waals surface area contributed by atoms with Gasteiger partial charge in [0.15, 0.2) is 0 Å². The van der Waals surface area contributed by atoms with Crippen LogP contribution in [0.3, 0.4) is 0 Å². The second-order valence-corrected chi connectivity index (χ2v) is 6.25. The second kappa shape index (κ2) is 4.25. The normalized spacial score (nSPS) is 14.2. The lowest BCUT2D eigenvalue weighted by Gasteiger charge is -2.20. The summed E-state index contributed by atoms with van der Waals surface area (Å²) < 4.78 is -1.62. The van der Waals surface area contributed by atoms with E-state index in [2.05, 4.69) is 4.98 Å². The van der Waals surface area contributed by atoms with Crippen LogP contribution in [0.2, 0.25) is 0 Å². The summed E-state index contributed by atoms with van der Waals surface area (Å²) in [5, 5.41) is 10.5. The van der Waals surface area contributed by atoms with Crippen LogP contribution in [0.1, 0.15) is 17.3 Å². The van der Waals surface area contributed by atoms with Crippen LogP contribution in [0.5, 0.6) is 5.75 Å². The summed E-state index contributed by atoms with van der Waals surface area (Å²) in [7, 11) is 0. The summed E-state index contributed by atoms with van der Waals surface area (Å²) in [5.74, 6) is 0.117. The summed E-state index contributed by atoms with van der Waals surface area (Å²) in [6.07, 6.45) is 0. The number of phenols is 1. The maximum atomic E-state index is 9.88. The predicted molar refractivity (Wildman–Crippen MR) is 71.9 cm³/mol. The van der Waals surface area contributed by atoms with Crippen LogP contribution >= 0.6 is 34.8 Å². The highest BCUT2D eigenvalue weighted by Crippen LogP contribution is 2.43. The molecule has 0 amide bonds. The minimum Gasteiger partial charge on any atom is -0.507 e. The van der Waals surface area contributed by atoms with Gasteiger partial charge in [-0.15, -0.1) is 0 Å². The lowest BCUT2D eigenvalue weighted by Crippen LogP contribution is -2.26. The lowest BCUT2D eigenvalue weighted by molar-refractivity contribution is 0.481. The quantitative estimate of drug-likeness (QED) is 0.704. The maximum Gasteiger partial charge on any atom is 0.209 e. The third kappa shape index (κ3) is 2.20. The molecule has 17 heavy (non-hydrogen) atoms. The Kier molecular flexibility index (Phi) is 3.21. The molecule has 0 spiro atoms. The predicted octanol–water partition coefficient (Wildman–Crippen LogP) is 3.55. The van der Waals surface area contributed by atoms with Crippen molar-refractivity contribution >= 4 is 45.7 Å². The van der Waals surface area contributed by atoms with E-state index in [4.69, 9.17) is 40.5 Å². The fourth-order valence-electron chi connectivity index (χ4n) is 1.94. The average Bonchev–Trinajstić information content (AvgIpc) is 2.53. The molecule has 1 heterocycles. The molecule has 0 fully saturated rings. The fourth-order valence-corrected chi connectivity index (χ4v) is 2.26. The summed E-state index contributed by atoms with van der Waals surface area (Å²) in [6.45, 7) is 1.82. The van der Waals surface area contributed by atoms with Crippen molar-refractivity contribution in [3.8, 4) is 5.75 Å². The van der Waals surface area contributed by atoms with Crippen molar-refractivity contribution in [2.75, 3.05) is 0 Å². The SMILES string of the molecule is Cc1[nH]c2cccc(O)c2c1C(N)C(Cl)(Cl)Cl. The first kappa shape index (κ1) is 12.8. The molecule has 2 aromatic rings. The maximum absolute atomic E-state index is 9.88. The summed E-state index contributed by atoms with van der Waals surface area (Å²) in [5.41, 5.74) is 8.09. The number of benzene rings is 1. The molecule has 4 N–H and O–H groups in total. The molecule has 92 valence electrons. The monoisotopic (exact) mass is 292 g/mol. The van der Waals surface area contributed by atoms with E-state index in [1.165, 1.54) is 0 Å². The highest BCUT2D eigenvalue weighted by molar-refractivity contribution is 6.68. The molecule has 0 aliphatic heterocycles. The van der Waals surface area contributed by atoms with E-state index in [1.807, 2.05) is 13.0 Å². The molecule has 0 bridgehead atoms. The zero-order valence-corrected chi connectivity index (χ0v) is 11.2. The number of nitrogens with two attached hydrogens (primary N) is 1. The molecule has 2 rings (SSSR count). The highest BCUT2D eigenvalue weighted by atomic mass is 35.6. The summed E-state index contributed by atoms with van der Waals surface area (Å²) in [6, 6.07) is 4.33. The van der Waals surface area contributed by atoms with E-state index < -0.39 is 9.83 Å². The van der Waals surface area contributed by atoms with E-state index in [9.17, 15) is 5.11 Å². The Morgan fingerprint density at radius 1 is 1.35 bits per heavy atom. The van der Waals surface area contributed by atoms with Crippen molar-refractivity contribution in [2.45, 2.75) is 16.8 Å². The standard InChI is InChI=1S/C11H11Cl3N2O/c1-5-8(10(15)11(12,13)14)9-6(16-5)3-2-4-7(9)17/h2-4,10,16-17H,15H2,1H3. The number of aryl methyl sites for hydroxylation is 1. The Labute approximate surface area is 113 Å². The van der Waals surface area contributed by atoms with Crippen LogP contribution in [0.4, 0.5) is 0 Å².